The Bertz CT molecular complexity index is 125. The zero-order valence-electron chi connectivity index (χ0n) is 8.21. The molecule has 2 atom stereocenters. The highest BCUT2D eigenvalue weighted by atomic mass is 15.2. The van der Waals surface area contributed by atoms with Crippen LogP contribution in [0.1, 0.15) is 25.7 Å². The van der Waals surface area contributed by atoms with Gasteiger partial charge in [0.2, 0.25) is 0 Å². The molecule has 1 rings (SSSR count). The fourth-order valence-electron chi connectivity index (χ4n) is 2.11. The SMILES string of the molecule is CN(C)CC1CCCCC1NN. The summed E-state index contributed by atoms with van der Waals surface area (Å²) >= 11 is 0. The maximum absolute atomic E-state index is 5.50. The van der Waals surface area contributed by atoms with Crippen LogP contribution in [0, 0.1) is 5.92 Å². The Morgan fingerprint density at radius 2 is 2.00 bits per heavy atom. The minimum atomic E-state index is 0.543. The Kier molecular flexibility index (Phi) is 3.98. The van der Waals surface area contributed by atoms with Gasteiger partial charge in [-0.2, -0.15) is 0 Å². The summed E-state index contributed by atoms with van der Waals surface area (Å²) in [5.74, 6) is 6.25. The van der Waals surface area contributed by atoms with Crippen molar-refractivity contribution in [3.05, 3.63) is 0 Å². The number of nitrogens with two attached hydrogens (primary N) is 1. The van der Waals surface area contributed by atoms with Crippen molar-refractivity contribution in [2.45, 2.75) is 31.7 Å². The summed E-state index contributed by atoms with van der Waals surface area (Å²) in [5, 5.41) is 0. The largest absolute Gasteiger partial charge is 0.309 e. The van der Waals surface area contributed by atoms with Crippen LogP contribution in [0.5, 0.6) is 0 Å². The second-order valence-corrected chi connectivity index (χ2v) is 4.08. The fourth-order valence-corrected chi connectivity index (χ4v) is 2.11. The van der Waals surface area contributed by atoms with Gasteiger partial charge in [0.25, 0.3) is 0 Å². The van der Waals surface area contributed by atoms with Gasteiger partial charge >= 0.3 is 0 Å². The first-order valence-electron chi connectivity index (χ1n) is 4.85. The lowest BCUT2D eigenvalue weighted by Gasteiger charge is -2.32. The standard InChI is InChI=1S/C9H21N3/c1-12(2)7-8-5-3-4-6-9(8)11-10/h8-9,11H,3-7,10H2,1-2H3. The van der Waals surface area contributed by atoms with Crippen LogP contribution in [0.25, 0.3) is 0 Å². The fraction of sp³-hybridized carbons (Fsp3) is 1.00. The Labute approximate surface area is 75.3 Å². The molecule has 0 amide bonds. The van der Waals surface area contributed by atoms with Crippen LogP contribution >= 0.6 is 0 Å². The summed E-state index contributed by atoms with van der Waals surface area (Å²) in [6, 6.07) is 0.543. The van der Waals surface area contributed by atoms with Crippen LogP contribution in [-0.2, 0) is 0 Å². The molecule has 0 saturated heterocycles. The van der Waals surface area contributed by atoms with Gasteiger partial charge < -0.3 is 4.90 Å². The third-order valence-electron chi connectivity index (χ3n) is 2.72. The van der Waals surface area contributed by atoms with Crippen molar-refractivity contribution in [3.8, 4) is 0 Å². The van der Waals surface area contributed by atoms with Gasteiger partial charge in [-0.05, 0) is 32.9 Å². The molecule has 3 nitrogen and oxygen atoms in total. The smallest absolute Gasteiger partial charge is 0.0250 e. The monoisotopic (exact) mass is 171 g/mol. The summed E-state index contributed by atoms with van der Waals surface area (Å²) in [5.41, 5.74) is 2.93. The second kappa shape index (κ2) is 4.80. The summed E-state index contributed by atoms with van der Waals surface area (Å²) in [4.78, 5) is 2.25. The van der Waals surface area contributed by atoms with Gasteiger partial charge in [0.15, 0.2) is 0 Å². The average molecular weight is 171 g/mol. The molecule has 0 aromatic heterocycles. The summed E-state index contributed by atoms with van der Waals surface area (Å²) in [6.07, 6.45) is 5.28. The van der Waals surface area contributed by atoms with E-state index in [0.717, 1.165) is 12.5 Å². The summed E-state index contributed by atoms with van der Waals surface area (Å²) < 4.78 is 0. The van der Waals surface area contributed by atoms with Gasteiger partial charge in [0, 0.05) is 12.6 Å². The Morgan fingerprint density at radius 3 is 2.58 bits per heavy atom. The lowest BCUT2D eigenvalue weighted by Crippen LogP contribution is -2.45. The zero-order chi connectivity index (χ0) is 8.97. The predicted molar refractivity (Wildman–Crippen MR) is 51.6 cm³/mol. The van der Waals surface area contributed by atoms with Crippen LogP contribution in [-0.4, -0.2) is 31.6 Å². The lowest BCUT2D eigenvalue weighted by atomic mass is 9.84. The van der Waals surface area contributed by atoms with E-state index < -0.39 is 0 Å². The van der Waals surface area contributed by atoms with Crippen molar-refractivity contribution >= 4 is 0 Å². The molecule has 72 valence electrons. The first-order chi connectivity index (χ1) is 5.74. The average Bonchev–Trinajstić information content (AvgIpc) is 2.04. The van der Waals surface area contributed by atoms with Gasteiger partial charge in [-0.3, -0.25) is 11.3 Å². The topological polar surface area (TPSA) is 41.3 Å². The number of rotatable bonds is 3. The highest BCUT2D eigenvalue weighted by Crippen LogP contribution is 2.24. The molecule has 1 saturated carbocycles. The molecule has 0 aromatic rings. The maximum atomic E-state index is 5.50. The third kappa shape index (κ3) is 2.73. The van der Waals surface area contributed by atoms with Crippen LogP contribution in [0.2, 0.25) is 0 Å². The molecule has 2 unspecified atom stereocenters. The van der Waals surface area contributed by atoms with E-state index >= 15 is 0 Å². The quantitative estimate of drug-likeness (QED) is 0.482. The maximum Gasteiger partial charge on any atom is 0.0250 e. The molecule has 0 radical (unpaired) electrons. The van der Waals surface area contributed by atoms with E-state index in [1.165, 1.54) is 25.7 Å². The van der Waals surface area contributed by atoms with E-state index in [1.54, 1.807) is 0 Å². The van der Waals surface area contributed by atoms with Crippen molar-refractivity contribution in [3.63, 3.8) is 0 Å². The van der Waals surface area contributed by atoms with Crippen LogP contribution in [0.15, 0.2) is 0 Å². The number of nitrogens with zero attached hydrogens (tertiary/aromatic N) is 1. The van der Waals surface area contributed by atoms with E-state index in [9.17, 15) is 0 Å². The van der Waals surface area contributed by atoms with E-state index in [2.05, 4.69) is 24.4 Å². The molecule has 3 heteroatoms. The molecular weight excluding hydrogens is 150 g/mol. The highest BCUT2D eigenvalue weighted by Gasteiger charge is 2.23. The first-order valence-corrected chi connectivity index (χ1v) is 4.85. The molecule has 0 spiro atoms. The molecule has 0 aliphatic heterocycles. The zero-order valence-corrected chi connectivity index (χ0v) is 8.21. The molecule has 0 heterocycles. The van der Waals surface area contributed by atoms with Gasteiger partial charge in [-0.1, -0.05) is 12.8 Å². The van der Waals surface area contributed by atoms with E-state index in [-0.39, 0.29) is 0 Å². The summed E-state index contributed by atoms with van der Waals surface area (Å²) in [6.45, 7) is 1.16. The van der Waals surface area contributed by atoms with E-state index in [1.807, 2.05) is 0 Å². The number of nitrogens with one attached hydrogen (secondary N) is 1. The molecule has 1 aliphatic rings. The van der Waals surface area contributed by atoms with Crippen LogP contribution in [0.4, 0.5) is 0 Å². The van der Waals surface area contributed by atoms with Crippen LogP contribution in [0.3, 0.4) is 0 Å². The van der Waals surface area contributed by atoms with Gasteiger partial charge in [0.05, 0.1) is 0 Å². The van der Waals surface area contributed by atoms with Crippen molar-refractivity contribution in [1.82, 2.24) is 10.3 Å². The molecule has 0 aromatic carbocycles. The van der Waals surface area contributed by atoms with E-state index in [4.69, 9.17) is 5.84 Å². The number of hydrazine groups is 1. The van der Waals surface area contributed by atoms with Gasteiger partial charge in [-0.25, -0.2) is 0 Å². The molecule has 3 N–H and O–H groups in total. The normalized spacial score (nSPS) is 31.0. The number of hydrogen-bond donors (Lipinski definition) is 2. The van der Waals surface area contributed by atoms with Crippen molar-refractivity contribution in [2.75, 3.05) is 20.6 Å². The Morgan fingerprint density at radius 1 is 1.33 bits per heavy atom. The van der Waals surface area contributed by atoms with Crippen molar-refractivity contribution in [1.29, 1.82) is 0 Å². The minimum absolute atomic E-state index is 0.543. The molecule has 1 aliphatic carbocycles. The van der Waals surface area contributed by atoms with Gasteiger partial charge in [-0.15, -0.1) is 0 Å². The second-order valence-electron chi connectivity index (χ2n) is 4.08. The predicted octanol–water partition coefficient (Wildman–Crippen LogP) is 0.570. The Hall–Kier alpha value is -0.120. The van der Waals surface area contributed by atoms with E-state index in [0.29, 0.717) is 6.04 Å². The van der Waals surface area contributed by atoms with Crippen LogP contribution < -0.4 is 11.3 Å². The van der Waals surface area contributed by atoms with Crippen molar-refractivity contribution < 1.29 is 0 Å². The molecule has 12 heavy (non-hydrogen) atoms. The van der Waals surface area contributed by atoms with Crippen molar-refractivity contribution in [2.24, 2.45) is 11.8 Å². The Balaban J connectivity index is 2.36. The lowest BCUT2D eigenvalue weighted by molar-refractivity contribution is 0.208. The van der Waals surface area contributed by atoms with Gasteiger partial charge in [0.1, 0.15) is 0 Å². The highest BCUT2D eigenvalue weighted by molar-refractivity contribution is 4.80. The molecule has 0 bridgehead atoms. The number of hydrogen-bond acceptors (Lipinski definition) is 3. The molecule has 1 fully saturated rings. The molecular formula is C9H21N3. The first kappa shape index (κ1) is 9.96. The minimum Gasteiger partial charge on any atom is -0.309 e. The summed E-state index contributed by atoms with van der Waals surface area (Å²) in [7, 11) is 4.25. The third-order valence-corrected chi connectivity index (χ3v) is 2.72.